The van der Waals surface area contributed by atoms with Crippen molar-refractivity contribution in [3.8, 4) is 0 Å². The van der Waals surface area contributed by atoms with Crippen LogP contribution in [0.15, 0.2) is 30.5 Å². The number of carbonyl (C=O) groups is 1. The molecular formula is C21H26N6O. The molecule has 0 radical (unpaired) electrons. The molecule has 1 aromatic carbocycles. The summed E-state index contributed by atoms with van der Waals surface area (Å²) in [5, 5.41) is 13.5. The maximum absolute atomic E-state index is 13.0. The Hall–Kier alpha value is -2.67. The maximum atomic E-state index is 13.0. The second-order valence-electron chi connectivity index (χ2n) is 7.84. The monoisotopic (exact) mass is 378 g/mol. The van der Waals surface area contributed by atoms with Crippen LogP contribution in [0.3, 0.4) is 0 Å². The number of H-pyrrole nitrogens is 1. The second-order valence-corrected chi connectivity index (χ2v) is 7.84. The van der Waals surface area contributed by atoms with E-state index in [4.69, 9.17) is 0 Å². The third kappa shape index (κ3) is 3.20. The van der Waals surface area contributed by atoms with Gasteiger partial charge in [-0.2, -0.15) is 0 Å². The third-order valence-electron chi connectivity index (χ3n) is 6.05. The van der Waals surface area contributed by atoms with Crippen molar-refractivity contribution in [2.24, 2.45) is 0 Å². The van der Waals surface area contributed by atoms with E-state index in [1.165, 1.54) is 0 Å². The summed E-state index contributed by atoms with van der Waals surface area (Å²) in [6.07, 6.45) is 5.42. The fourth-order valence-corrected chi connectivity index (χ4v) is 4.56. The molecule has 1 amide bonds. The minimum Gasteiger partial charge on any atom is -0.361 e. The highest BCUT2D eigenvalue weighted by Crippen LogP contribution is 2.27. The molecule has 2 aliphatic rings. The van der Waals surface area contributed by atoms with Gasteiger partial charge < -0.3 is 19.8 Å². The Morgan fingerprint density at radius 3 is 3.07 bits per heavy atom. The average Bonchev–Trinajstić information content (AvgIpc) is 3.25. The van der Waals surface area contributed by atoms with Crippen LogP contribution in [0, 0.1) is 0 Å². The molecule has 1 unspecified atom stereocenters. The van der Waals surface area contributed by atoms with Gasteiger partial charge in [0, 0.05) is 62.2 Å². The summed E-state index contributed by atoms with van der Waals surface area (Å²) in [7, 11) is 0. The van der Waals surface area contributed by atoms with Crippen molar-refractivity contribution in [3.63, 3.8) is 0 Å². The number of rotatable bonds is 3. The van der Waals surface area contributed by atoms with Crippen LogP contribution in [0.25, 0.3) is 10.9 Å². The van der Waals surface area contributed by atoms with E-state index in [0.717, 1.165) is 80.1 Å². The van der Waals surface area contributed by atoms with E-state index in [9.17, 15) is 4.79 Å². The fraction of sp³-hybridized carbons (Fsp3) is 0.476. The molecule has 5 rings (SSSR count). The van der Waals surface area contributed by atoms with Gasteiger partial charge in [0.2, 0.25) is 5.91 Å². The first-order chi connectivity index (χ1) is 13.8. The number of likely N-dealkylation sites (tertiary alicyclic amines) is 1. The van der Waals surface area contributed by atoms with Crippen LogP contribution in [-0.4, -0.2) is 56.7 Å². The van der Waals surface area contributed by atoms with Gasteiger partial charge in [-0.25, -0.2) is 0 Å². The number of piperidine rings is 1. The maximum Gasteiger partial charge on any atom is 0.227 e. The van der Waals surface area contributed by atoms with Gasteiger partial charge in [0.05, 0.1) is 6.42 Å². The van der Waals surface area contributed by atoms with E-state index in [0.29, 0.717) is 6.42 Å². The molecular weight excluding hydrogens is 352 g/mol. The Kier molecular flexibility index (Phi) is 4.60. The Balaban J connectivity index is 1.32. The third-order valence-corrected chi connectivity index (χ3v) is 6.05. The van der Waals surface area contributed by atoms with Gasteiger partial charge in [-0.15, -0.1) is 10.2 Å². The van der Waals surface area contributed by atoms with Crippen LogP contribution in [-0.2, 0) is 24.2 Å². The number of nitrogens with zero attached hydrogens (tertiary/aromatic N) is 4. The second kappa shape index (κ2) is 7.39. The topological polar surface area (TPSA) is 78.8 Å². The lowest BCUT2D eigenvalue weighted by atomic mass is 9.96. The first kappa shape index (κ1) is 17.4. The molecule has 0 aliphatic carbocycles. The molecule has 2 N–H and O–H groups in total. The molecule has 2 aliphatic heterocycles. The smallest absolute Gasteiger partial charge is 0.227 e. The molecule has 1 saturated heterocycles. The number of para-hydroxylation sites is 1. The minimum absolute atomic E-state index is 0.201. The lowest BCUT2D eigenvalue weighted by Crippen LogP contribution is -2.40. The molecule has 0 spiro atoms. The van der Waals surface area contributed by atoms with E-state index < -0.39 is 0 Å². The normalized spacial score (nSPS) is 20.1. The van der Waals surface area contributed by atoms with Crippen LogP contribution in [0.5, 0.6) is 0 Å². The van der Waals surface area contributed by atoms with E-state index in [2.05, 4.69) is 31.1 Å². The van der Waals surface area contributed by atoms with Gasteiger partial charge in [-0.05, 0) is 24.5 Å². The van der Waals surface area contributed by atoms with Gasteiger partial charge in [0.1, 0.15) is 11.6 Å². The van der Waals surface area contributed by atoms with Crippen molar-refractivity contribution in [3.05, 3.63) is 47.7 Å². The zero-order chi connectivity index (χ0) is 18.9. The molecule has 3 aromatic rings. The van der Waals surface area contributed by atoms with Gasteiger partial charge in [-0.1, -0.05) is 18.2 Å². The molecule has 2 aromatic heterocycles. The molecule has 1 fully saturated rings. The number of aromatic nitrogens is 4. The predicted octanol–water partition coefficient (Wildman–Crippen LogP) is 1.85. The highest BCUT2D eigenvalue weighted by Gasteiger charge is 2.29. The zero-order valence-corrected chi connectivity index (χ0v) is 16.0. The molecule has 0 saturated carbocycles. The highest BCUT2D eigenvalue weighted by molar-refractivity contribution is 5.88. The van der Waals surface area contributed by atoms with Crippen LogP contribution < -0.4 is 5.32 Å². The van der Waals surface area contributed by atoms with E-state index in [1.54, 1.807) is 0 Å². The summed E-state index contributed by atoms with van der Waals surface area (Å²) in [4.78, 5) is 18.3. The number of benzene rings is 1. The molecule has 7 heteroatoms. The van der Waals surface area contributed by atoms with E-state index in [-0.39, 0.29) is 11.8 Å². The number of amides is 1. The largest absolute Gasteiger partial charge is 0.361 e. The summed E-state index contributed by atoms with van der Waals surface area (Å²) in [5.41, 5.74) is 2.16. The van der Waals surface area contributed by atoms with Crippen LogP contribution in [0.2, 0.25) is 0 Å². The standard InChI is InChI=1S/C21H26N6O/c28-20(12-16-13-23-18-6-2-1-5-17(16)18)26-10-3-4-15(14-26)21-25-24-19-7-8-22-9-11-27(19)21/h1-2,5-6,13,15,22-23H,3-4,7-12,14H2. The molecule has 28 heavy (non-hydrogen) atoms. The average molecular weight is 378 g/mol. The first-order valence-corrected chi connectivity index (χ1v) is 10.2. The number of nitrogens with one attached hydrogen (secondary N) is 2. The van der Waals surface area contributed by atoms with Gasteiger partial charge in [0.25, 0.3) is 0 Å². The van der Waals surface area contributed by atoms with Crippen LogP contribution in [0.1, 0.15) is 36.0 Å². The van der Waals surface area contributed by atoms with Gasteiger partial charge in [0.15, 0.2) is 0 Å². The molecule has 7 nitrogen and oxygen atoms in total. The lowest BCUT2D eigenvalue weighted by molar-refractivity contribution is -0.131. The summed E-state index contributed by atoms with van der Waals surface area (Å²) in [6.45, 7) is 4.40. The molecule has 4 heterocycles. The fourth-order valence-electron chi connectivity index (χ4n) is 4.56. The quantitative estimate of drug-likeness (QED) is 0.729. The van der Waals surface area contributed by atoms with Crippen LogP contribution in [0.4, 0.5) is 0 Å². The molecule has 146 valence electrons. The van der Waals surface area contributed by atoms with E-state index in [1.807, 2.05) is 29.3 Å². The minimum atomic E-state index is 0.201. The predicted molar refractivity (Wildman–Crippen MR) is 107 cm³/mol. The SMILES string of the molecule is O=C(Cc1c[nH]c2ccccc12)N1CCCC(c2nnc3n2CCNCC3)C1. The van der Waals surface area contributed by atoms with Crippen molar-refractivity contribution >= 4 is 16.8 Å². The van der Waals surface area contributed by atoms with Crippen molar-refractivity contribution in [1.29, 1.82) is 0 Å². The Labute approximate surface area is 164 Å². The van der Waals surface area contributed by atoms with Gasteiger partial charge >= 0.3 is 0 Å². The number of carbonyl (C=O) groups excluding carboxylic acids is 1. The summed E-state index contributed by atoms with van der Waals surface area (Å²) >= 11 is 0. The van der Waals surface area contributed by atoms with Crippen LogP contribution >= 0.6 is 0 Å². The number of hydrogen-bond acceptors (Lipinski definition) is 4. The first-order valence-electron chi connectivity index (χ1n) is 10.2. The summed E-state index contributed by atoms with van der Waals surface area (Å²) in [5.74, 6) is 2.61. The summed E-state index contributed by atoms with van der Waals surface area (Å²) < 4.78 is 2.28. The molecule has 1 atom stereocenters. The van der Waals surface area contributed by atoms with Crippen molar-refractivity contribution in [2.45, 2.75) is 38.1 Å². The van der Waals surface area contributed by atoms with Crippen molar-refractivity contribution in [2.75, 3.05) is 26.2 Å². The van der Waals surface area contributed by atoms with Gasteiger partial charge in [-0.3, -0.25) is 4.79 Å². The number of hydrogen-bond donors (Lipinski definition) is 2. The Morgan fingerprint density at radius 1 is 1.18 bits per heavy atom. The van der Waals surface area contributed by atoms with Crippen molar-refractivity contribution < 1.29 is 4.79 Å². The Bertz CT molecular complexity index is 990. The van der Waals surface area contributed by atoms with E-state index >= 15 is 0 Å². The highest BCUT2D eigenvalue weighted by atomic mass is 16.2. The number of fused-ring (bicyclic) bond motifs is 2. The van der Waals surface area contributed by atoms with Crippen molar-refractivity contribution in [1.82, 2.24) is 30.0 Å². The Morgan fingerprint density at radius 2 is 2.11 bits per heavy atom. The lowest BCUT2D eigenvalue weighted by Gasteiger charge is -2.32. The number of aromatic amines is 1. The summed E-state index contributed by atoms with van der Waals surface area (Å²) in [6, 6.07) is 8.16. The molecule has 0 bridgehead atoms. The zero-order valence-electron chi connectivity index (χ0n) is 16.0.